The van der Waals surface area contributed by atoms with Crippen LogP contribution in [0.2, 0.25) is 0 Å². The lowest BCUT2D eigenvalue weighted by Gasteiger charge is -2.33. The molecule has 0 spiro atoms. The zero-order chi connectivity index (χ0) is 16.4. The van der Waals surface area contributed by atoms with Gasteiger partial charge < -0.3 is 4.74 Å². The molecular weight excluding hydrogens is 334 g/mol. The summed E-state index contributed by atoms with van der Waals surface area (Å²) in [5.41, 5.74) is 1.54. The van der Waals surface area contributed by atoms with E-state index in [0.717, 1.165) is 23.7 Å². The Labute approximate surface area is 142 Å². The Morgan fingerprint density at radius 2 is 2.35 bits per heavy atom. The highest BCUT2D eigenvalue weighted by Crippen LogP contribution is 2.20. The Morgan fingerprint density at radius 3 is 3.13 bits per heavy atom. The molecule has 124 valence electrons. The molecule has 2 aromatic heterocycles. The molecule has 6 nitrogen and oxygen atoms in total. The van der Waals surface area contributed by atoms with Crippen LogP contribution in [0.3, 0.4) is 0 Å². The maximum Gasteiger partial charge on any atom is 0.324 e. The Morgan fingerprint density at radius 1 is 1.52 bits per heavy atom. The molecule has 2 aromatic rings. The molecule has 0 saturated carbocycles. The van der Waals surface area contributed by atoms with Crippen LogP contribution in [-0.4, -0.2) is 51.0 Å². The summed E-state index contributed by atoms with van der Waals surface area (Å²) in [7, 11) is 0. The maximum absolute atomic E-state index is 12.3. The van der Waals surface area contributed by atoms with E-state index in [1.165, 1.54) is 11.3 Å². The number of hydrogen-bond acceptors (Lipinski definition) is 7. The highest BCUT2D eigenvalue weighted by Gasteiger charge is 2.30. The van der Waals surface area contributed by atoms with E-state index in [4.69, 9.17) is 4.74 Å². The summed E-state index contributed by atoms with van der Waals surface area (Å²) in [4.78, 5) is 31.7. The Hall–Kier alpha value is -1.38. The summed E-state index contributed by atoms with van der Waals surface area (Å²) < 4.78 is 6.78. The number of nitrogens with zero attached hydrogens (tertiary/aromatic N) is 3. The van der Waals surface area contributed by atoms with Crippen molar-refractivity contribution in [3.05, 3.63) is 33.2 Å². The predicted octanol–water partition coefficient (Wildman–Crippen LogP) is 1.54. The highest BCUT2D eigenvalue weighted by molar-refractivity contribution is 7.99. The van der Waals surface area contributed by atoms with Crippen molar-refractivity contribution < 1.29 is 9.53 Å². The Balaban J connectivity index is 1.84. The summed E-state index contributed by atoms with van der Waals surface area (Å²) in [6, 6.07) is 1.30. The second-order valence-corrected chi connectivity index (χ2v) is 7.38. The lowest BCUT2D eigenvalue weighted by molar-refractivity contribution is -0.148. The lowest BCUT2D eigenvalue weighted by atomic mass is 10.2. The minimum Gasteiger partial charge on any atom is -0.465 e. The van der Waals surface area contributed by atoms with Crippen LogP contribution in [-0.2, 0) is 16.1 Å². The van der Waals surface area contributed by atoms with Gasteiger partial charge in [0, 0.05) is 41.7 Å². The number of carbonyl (C=O) groups is 1. The zero-order valence-corrected chi connectivity index (χ0v) is 14.8. The van der Waals surface area contributed by atoms with Gasteiger partial charge in [0.25, 0.3) is 5.56 Å². The number of aryl methyl sites for hydroxylation is 1. The first-order chi connectivity index (χ1) is 11.1. The summed E-state index contributed by atoms with van der Waals surface area (Å²) in [5, 5.41) is 1.92. The molecule has 3 rings (SSSR count). The number of carbonyl (C=O) groups excluding carboxylic acids is 1. The average Bonchev–Trinajstić information content (AvgIpc) is 2.89. The number of fused-ring (bicyclic) bond motifs is 1. The van der Waals surface area contributed by atoms with Crippen LogP contribution in [0.25, 0.3) is 4.96 Å². The van der Waals surface area contributed by atoms with Crippen LogP contribution in [0, 0.1) is 6.92 Å². The fraction of sp³-hybridized carbons (Fsp3) is 0.533. The van der Waals surface area contributed by atoms with Crippen LogP contribution >= 0.6 is 23.1 Å². The molecule has 0 radical (unpaired) electrons. The molecule has 3 heterocycles. The molecule has 0 aromatic carbocycles. The number of hydrogen-bond donors (Lipinski definition) is 0. The van der Waals surface area contributed by atoms with Crippen LogP contribution in [0.15, 0.2) is 16.2 Å². The molecule has 1 aliphatic rings. The van der Waals surface area contributed by atoms with Gasteiger partial charge in [0.15, 0.2) is 4.96 Å². The van der Waals surface area contributed by atoms with Gasteiger partial charge in [-0.25, -0.2) is 4.98 Å². The second-order valence-electron chi connectivity index (χ2n) is 5.39. The molecule has 23 heavy (non-hydrogen) atoms. The van der Waals surface area contributed by atoms with E-state index in [1.807, 2.05) is 19.2 Å². The van der Waals surface area contributed by atoms with Crippen molar-refractivity contribution in [2.45, 2.75) is 26.4 Å². The summed E-state index contributed by atoms with van der Waals surface area (Å²) in [5.74, 6) is 1.50. The van der Waals surface area contributed by atoms with Crippen LogP contribution < -0.4 is 5.56 Å². The van der Waals surface area contributed by atoms with Gasteiger partial charge >= 0.3 is 5.97 Å². The van der Waals surface area contributed by atoms with Crippen molar-refractivity contribution in [3.63, 3.8) is 0 Å². The van der Waals surface area contributed by atoms with Crippen molar-refractivity contribution >= 4 is 34.0 Å². The van der Waals surface area contributed by atoms with Crippen LogP contribution in [0.4, 0.5) is 0 Å². The summed E-state index contributed by atoms with van der Waals surface area (Å²) in [6.45, 7) is 5.37. The number of thiazole rings is 1. The second kappa shape index (κ2) is 7.02. The fourth-order valence-corrected chi connectivity index (χ4v) is 4.66. The average molecular weight is 353 g/mol. The SMILES string of the molecule is CCOC(=O)C1CSCCN1Cc1cc(=O)n2c(C)csc2n1. The molecule has 0 N–H and O–H groups in total. The van der Waals surface area contributed by atoms with Crippen LogP contribution in [0.1, 0.15) is 18.3 Å². The third-order valence-electron chi connectivity index (χ3n) is 3.79. The maximum atomic E-state index is 12.3. The van der Waals surface area contributed by atoms with Crippen molar-refractivity contribution in [1.82, 2.24) is 14.3 Å². The van der Waals surface area contributed by atoms with Crippen molar-refractivity contribution in [1.29, 1.82) is 0 Å². The minimum atomic E-state index is -0.265. The fourth-order valence-electron chi connectivity index (χ4n) is 2.67. The monoisotopic (exact) mass is 353 g/mol. The van der Waals surface area contributed by atoms with Crippen molar-refractivity contribution in [2.24, 2.45) is 0 Å². The van der Waals surface area contributed by atoms with E-state index >= 15 is 0 Å². The van der Waals surface area contributed by atoms with E-state index in [-0.39, 0.29) is 17.6 Å². The van der Waals surface area contributed by atoms with Crippen LogP contribution in [0.5, 0.6) is 0 Å². The summed E-state index contributed by atoms with van der Waals surface area (Å²) >= 11 is 3.21. The number of ether oxygens (including phenoxy) is 1. The lowest BCUT2D eigenvalue weighted by Crippen LogP contribution is -2.47. The standard InChI is InChI=1S/C15H19N3O3S2/c1-3-21-14(20)12-9-22-5-4-17(12)7-11-6-13(19)18-10(2)8-23-15(18)16-11/h6,8,12H,3-5,7,9H2,1-2H3. The molecule has 1 atom stereocenters. The zero-order valence-electron chi connectivity index (χ0n) is 13.2. The van der Waals surface area contributed by atoms with Gasteiger partial charge in [-0.15, -0.1) is 11.3 Å². The van der Waals surface area contributed by atoms with Crippen molar-refractivity contribution in [3.8, 4) is 0 Å². The van der Waals surface area contributed by atoms with Gasteiger partial charge in [0.1, 0.15) is 6.04 Å². The molecule has 0 aliphatic carbocycles. The van der Waals surface area contributed by atoms with Gasteiger partial charge in [0.05, 0.1) is 12.3 Å². The number of rotatable bonds is 4. The third-order valence-corrected chi connectivity index (χ3v) is 5.76. The van der Waals surface area contributed by atoms with Gasteiger partial charge in [-0.2, -0.15) is 11.8 Å². The molecule has 1 saturated heterocycles. The van der Waals surface area contributed by atoms with E-state index < -0.39 is 0 Å². The number of aromatic nitrogens is 2. The van der Waals surface area contributed by atoms with Gasteiger partial charge in [-0.05, 0) is 13.8 Å². The summed E-state index contributed by atoms with van der Waals surface area (Å²) in [6.07, 6.45) is 0. The molecular formula is C15H19N3O3S2. The number of esters is 1. The van der Waals surface area contributed by atoms with E-state index in [0.29, 0.717) is 23.8 Å². The normalized spacial score (nSPS) is 19.1. The Kier molecular flexibility index (Phi) is 5.03. The van der Waals surface area contributed by atoms with Gasteiger partial charge in [0.2, 0.25) is 0 Å². The Bertz CT molecular complexity index is 771. The third kappa shape index (κ3) is 3.44. The first-order valence-electron chi connectivity index (χ1n) is 7.55. The molecule has 0 bridgehead atoms. The van der Waals surface area contributed by atoms with Crippen molar-refractivity contribution in [2.75, 3.05) is 24.7 Å². The van der Waals surface area contributed by atoms with E-state index in [1.54, 1.807) is 22.2 Å². The van der Waals surface area contributed by atoms with E-state index in [9.17, 15) is 9.59 Å². The number of thioether (sulfide) groups is 1. The highest BCUT2D eigenvalue weighted by atomic mass is 32.2. The quantitative estimate of drug-likeness (QED) is 0.777. The first-order valence-corrected chi connectivity index (χ1v) is 9.58. The smallest absolute Gasteiger partial charge is 0.324 e. The van der Waals surface area contributed by atoms with Gasteiger partial charge in [-0.1, -0.05) is 0 Å². The predicted molar refractivity (Wildman–Crippen MR) is 92.2 cm³/mol. The topological polar surface area (TPSA) is 63.9 Å². The molecule has 0 amide bonds. The van der Waals surface area contributed by atoms with E-state index in [2.05, 4.69) is 9.88 Å². The molecule has 1 aliphatic heterocycles. The minimum absolute atomic E-state index is 0.0668. The van der Waals surface area contributed by atoms with Gasteiger partial charge in [-0.3, -0.25) is 18.9 Å². The largest absolute Gasteiger partial charge is 0.465 e. The molecule has 1 unspecified atom stereocenters. The molecule has 8 heteroatoms. The molecule has 1 fully saturated rings. The first kappa shape index (κ1) is 16.5.